The van der Waals surface area contributed by atoms with Gasteiger partial charge in [0, 0.05) is 0 Å². The van der Waals surface area contributed by atoms with E-state index in [9.17, 15) is 0 Å². The Kier molecular flexibility index (Phi) is 19.7. The first-order valence-corrected chi connectivity index (χ1v) is 46.5. The van der Waals surface area contributed by atoms with E-state index in [0.29, 0.717) is 0 Å². The van der Waals surface area contributed by atoms with Crippen molar-refractivity contribution < 1.29 is 0 Å². The molecule has 0 aliphatic carbocycles. The number of hydrogen-bond donors (Lipinski definition) is 0. The van der Waals surface area contributed by atoms with Crippen LogP contribution >= 0.6 is 0 Å². The van der Waals surface area contributed by atoms with Gasteiger partial charge < -0.3 is 0 Å². The van der Waals surface area contributed by atoms with Crippen LogP contribution in [0.1, 0.15) is 0 Å². The van der Waals surface area contributed by atoms with Gasteiger partial charge in [0.1, 0.15) is 0 Å². The maximum absolute atomic E-state index is 2.43. The van der Waals surface area contributed by atoms with E-state index in [2.05, 4.69) is 522 Å². The molecule has 0 amide bonds. The zero-order chi connectivity index (χ0) is 88.5. The predicted octanol–water partition coefficient (Wildman–Crippen LogP) is 37.9. The van der Waals surface area contributed by atoms with Gasteiger partial charge in [0.25, 0.3) is 0 Å². The second-order valence-corrected chi connectivity index (χ2v) is 35.6. The van der Waals surface area contributed by atoms with Crippen molar-refractivity contribution in [3.05, 3.63) is 522 Å². The number of benzene rings is 27. The zero-order valence-corrected chi connectivity index (χ0v) is 73.7. The highest BCUT2D eigenvalue weighted by molar-refractivity contribution is 6.27. The van der Waals surface area contributed by atoms with Gasteiger partial charge in [0.2, 0.25) is 0 Å². The van der Waals surface area contributed by atoms with Gasteiger partial charge in [-0.2, -0.15) is 0 Å². The molecule has 0 unspecified atom stereocenters. The average molecular weight is 1700 g/mol. The molecule has 0 aromatic heterocycles. The number of rotatable bonds is 10. The molecule has 0 heteroatoms. The third kappa shape index (κ3) is 14.3. The molecule has 0 heterocycles. The number of fused-ring (bicyclic) bond motifs is 14. The Bertz CT molecular complexity index is 9370. The first kappa shape index (κ1) is 78.8. The zero-order valence-electron chi connectivity index (χ0n) is 73.7. The molecule has 0 saturated carbocycles. The van der Waals surface area contributed by atoms with E-state index >= 15 is 0 Å². The largest absolute Gasteiger partial charge is 0.0622 e. The van der Waals surface area contributed by atoms with Crippen LogP contribution in [0.3, 0.4) is 0 Å². The van der Waals surface area contributed by atoms with Gasteiger partial charge >= 0.3 is 0 Å². The van der Waals surface area contributed by atoms with Gasteiger partial charge in [-0.05, 0) is 323 Å². The molecule has 0 fully saturated rings. The molecule has 0 nitrogen and oxygen atoms in total. The molecular weight excluding hydrogens is 1610 g/mol. The Morgan fingerprint density at radius 2 is 0.254 bits per heavy atom. The van der Waals surface area contributed by atoms with Crippen LogP contribution in [0, 0.1) is 0 Å². The molecule has 0 N–H and O–H groups in total. The number of hydrogen-bond acceptors (Lipinski definition) is 0. The van der Waals surface area contributed by atoms with Crippen molar-refractivity contribution in [2.24, 2.45) is 0 Å². The summed E-state index contributed by atoms with van der Waals surface area (Å²) >= 11 is 0. The van der Waals surface area contributed by atoms with E-state index in [4.69, 9.17) is 0 Å². The van der Waals surface area contributed by atoms with Crippen molar-refractivity contribution in [2.45, 2.75) is 0 Å². The summed E-state index contributed by atoms with van der Waals surface area (Å²) in [4.78, 5) is 0. The molecule has 0 saturated heterocycles. The van der Waals surface area contributed by atoms with Crippen LogP contribution in [0.25, 0.3) is 262 Å². The van der Waals surface area contributed by atoms with E-state index in [1.54, 1.807) is 0 Å². The first-order valence-electron chi connectivity index (χ1n) is 46.5. The highest BCUT2D eigenvalue weighted by atomic mass is 14.3. The summed E-state index contributed by atoms with van der Waals surface area (Å²) in [7, 11) is 0. The maximum atomic E-state index is 2.43. The van der Waals surface area contributed by atoms with Crippen molar-refractivity contribution in [3.63, 3.8) is 0 Å². The van der Waals surface area contributed by atoms with Crippen molar-refractivity contribution >= 4 is 151 Å². The molecular formula is C134H86. The summed E-state index contributed by atoms with van der Waals surface area (Å²) in [5, 5.41) is 35.4. The average Bonchev–Trinajstić information content (AvgIpc) is 0.732. The fourth-order valence-corrected chi connectivity index (χ4v) is 21.3. The van der Waals surface area contributed by atoms with Gasteiger partial charge in [-0.3, -0.25) is 0 Å². The van der Waals surface area contributed by atoms with Crippen LogP contribution in [0.15, 0.2) is 522 Å². The summed E-state index contributed by atoms with van der Waals surface area (Å²) in [6, 6.07) is 192. The van der Waals surface area contributed by atoms with E-state index in [-0.39, 0.29) is 0 Å². The van der Waals surface area contributed by atoms with Crippen molar-refractivity contribution in [3.8, 4) is 111 Å². The second kappa shape index (κ2) is 33.6. The minimum absolute atomic E-state index is 1.21. The molecule has 0 radical (unpaired) electrons. The van der Waals surface area contributed by atoms with E-state index in [0.717, 1.165) is 0 Å². The smallest absolute Gasteiger partial charge is 0.00259 e. The lowest BCUT2D eigenvalue weighted by Crippen LogP contribution is -1.92. The van der Waals surface area contributed by atoms with Gasteiger partial charge in [0.05, 0.1) is 0 Å². The molecule has 0 aliphatic rings. The summed E-state index contributed by atoms with van der Waals surface area (Å²) in [6.45, 7) is 0. The van der Waals surface area contributed by atoms with Crippen LogP contribution in [0.2, 0.25) is 0 Å². The topological polar surface area (TPSA) is 0 Å². The molecule has 27 aromatic carbocycles. The predicted molar refractivity (Wildman–Crippen MR) is 579 cm³/mol. The van der Waals surface area contributed by atoms with Gasteiger partial charge in [-0.1, -0.05) is 461 Å². The normalized spacial score (nSPS) is 11.6. The second-order valence-electron chi connectivity index (χ2n) is 35.6. The van der Waals surface area contributed by atoms with Crippen molar-refractivity contribution in [1.29, 1.82) is 0 Å². The molecule has 622 valence electrons. The SMILES string of the molecule is c1ccc(-c2ccc(-c3ccc4c(-c5ccc6ccccc6c5)c5ccccc5c(-c5ccc6ccccc6c5)c4c3)cc2)cc1.c1ccc2cc(-c3c4ccccc4c(-c4ccc5ccccc5c4)c4cc(-c5cccc6ccccc56)ccc34)ccc2c1.c1ccc2cc(-c3ccc4c(-c5ccc6ccccc6c5)c5ccccc5c(-c5ccc6ccccc6c5)c4c3)ccc2c1. The molecule has 0 aliphatic heterocycles. The van der Waals surface area contributed by atoms with Gasteiger partial charge in [-0.25, -0.2) is 0 Å². The van der Waals surface area contributed by atoms with Crippen LogP contribution in [-0.2, 0) is 0 Å². The Morgan fingerprint density at radius 3 is 0.567 bits per heavy atom. The summed E-state index contributed by atoms with van der Waals surface area (Å²) in [5.41, 5.74) is 25.0. The Labute approximate surface area is 778 Å². The van der Waals surface area contributed by atoms with E-state index in [1.165, 1.54) is 262 Å². The standard InChI is InChI=1S/C46H30.2C44H28/c1-2-10-31(11-3-1)34-18-20-35(21-19-34)38-26-27-43-44(30-38)46(40-25-23-33-13-5-7-15-37(33)29-40)42-17-9-8-16-41(42)45(43)39-24-22-32-12-4-6-14-36(32)28-39;1-4-12-32-25-35(20-17-29(32)9-1)36-23-24-41-42(28-36)44(38-22-19-31-11-3-6-14-34(31)27-38)40-16-8-7-15-39(40)43(41)37-21-18-30-10-2-5-13-33(30)26-37;1-3-13-32-26-35(22-20-29(32)10-1)43-39-17-7-8-18-40(39)44(36-23-21-30-11-2-4-14-33(30)27-36)42-28-34(24-25-41(42)43)38-19-9-15-31-12-5-6-16-37(31)38/h1-30H;2*1-28H. The molecule has 134 heavy (non-hydrogen) atoms. The van der Waals surface area contributed by atoms with E-state index < -0.39 is 0 Å². The van der Waals surface area contributed by atoms with Crippen LogP contribution < -0.4 is 0 Å². The first-order chi connectivity index (χ1) is 66.4. The van der Waals surface area contributed by atoms with Crippen LogP contribution in [-0.4, -0.2) is 0 Å². The molecule has 0 spiro atoms. The van der Waals surface area contributed by atoms with Gasteiger partial charge in [0.15, 0.2) is 0 Å². The Balaban J connectivity index is 0.000000108. The fraction of sp³-hybridized carbons (Fsp3) is 0. The third-order valence-corrected chi connectivity index (χ3v) is 27.8. The van der Waals surface area contributed by atoms with Crippen molar-refractivity contribution in [2.75, 3.05) is 0 Å². The molecule has 27 rings (SSSR count). The van der Waals surface area contributed by atoms with Gasteiger partial charge in [-0.15, -0.1) is 0 Å². The highest BCUT2D eigenvalue weighted by Gasteiger charge is 2.24. The minimum atomic E-state index is 1.21. The minimum Gasteiger partial charge on any atom is -0.0622 e. The maximum Gasteiger partial charge on any atom is -0.00259 e. The summed E-state index contributed by atoms with van der Waals surface area (Å²) in [6.07, 6.45) is 0. The summed E-state index contributed by atoms with van der Waals surface area (Å²) < 4.78 is 0. The third-order valence-electron chi connectivity index (χ3n) is 27.8. The molecule has 0 bridgehead atoms. The van der Waals surface area contributed by atoms with Crippen LogP contribution in [0.4, 0.5) is 0 Å². The molecule has 27 aromatic rings. The monoisotopic (exact) mass is 1690 g/mol. The lowest BCUT2D eigenvalue weighted by molar-refractivity contribution is 1.60. The lowest BCUT2D eigenvalue weighted by Gasteiger charge is -2.19. The van der Waals surface area contributed by atoms with Crippen LogP contribution in [0.5, 0.6) is 0 Å². The van der Waals surface area contributed by atoms with Crippen molar-refractivity contribution in [1.82, 2.24) is 0 Å². The lowest BCUT2D eigenvalue weighted by atomic mass is 9.84. The Morgan fingerprint density at radius 1 is 0.0746 bits per heavy atom. The highest BCUT2D eigenvalue weighted by Crippen LogP contribution is 2.51. The van der Waals surface area contributed by atoms with E-state index in [1.807, 2.05) is 0 Å². The quantitative estimate of drug-likeness (QED) is 0.120. The fourth-order valence-electron chi connectivity index (χ4n) is 21.3. The Hall–Kier alpha value is -17.4. The summed E-state index contributed by atoms with van der Waals surface area (Å²) in [5.74, 6) is 0. The molecule has 0 atom stereocenters.